The summed E-state index contributed by atoms with van der Waals surface area (Å²) in [5, 5.41) is 11.5. The first-order valence-corrected chi connectivity index (χ1v) is 7.10. The summed E-state index contributed by atoms with van der Waals surface area (Å²) >= 11 is 0. The Kier molecular flexibility index (Phi) is 7.46. The summed E-state index contributed by atoms with van der Waals surface area (Å²) in [5.74, 6) is -1.54. The molecule has 0 bridgehead atoms. The molecule has 0 saturated carbocycles. The quantitative estimate of drug-likeness (QED) is 0.728. The van der Waals surface area contributed by atoms with Gasteiger partial charge < -0.3 is 15.2 Å². The van der Waals surface area contributed by atoms with Gasteiger partial charge >= 0.3 is 5.97 Å². The first kappa shape index (κ1) is 17.2. The van der Waals surface area contributed by atoms with Gasteiger partial charge in [0.05, 0.1) is 6.61 Å². The molecular weight excluding hydrogens is 270 g/mol. The van der Waals surface area contributed by atoms with Crippen LogP contribution in [0.1, 0.15) is 25.3 Å². The van der Waals surface area contributed by atoms with E-state index >= 15 is 0 Å². The van der Waals surface area contributed by atoms with E-state index in [9.17, 15) is 9.59 Å². The summed E-state index contributed by atoms with van der Waals surface area (Å²) in [7, 11) is 1.41. The van der Waals surface area contributed by atoms with E-state index in [1.165, 1.54) is 12.7 Å². The van der Waals surface area contributed by atoms with Gasteiger partial charge in [0, 0.05) is 13.0 Å². The molecule has 2 atom stereocenters. The molecule has 21 heavy (non-hydrogen) atoms. The Bertz CT molecular complexity index is 447. The molecule has 1 aromatic carbocycles. The van der Waals surface area contributed by atoms with Crippen molar-refractivity contribution in [3.05, 3.63) is 35.9 Å². The van der Waals surface area contributed by atoms with Crippen LogP contribution in [0.15, 0.2) is 30.3 Å². The molecule has 0 heterocycles. The standard InChI is InChI=1S/C16H23NO4/c1-12(7-6-10-13-8-4-3-5-9-13)15(18)17-14(11-21-2)16(19)20/h3-5,8-9,12,14H,6-7,10-11H2,1-2H3,(H,17,18)(H,19,20). The van der Waals surface area contributed by atoms with Gasteiger partial charge in [0.1, 0.15) is 0 Å². The van der Waals surface area contributed by atoms with Crippen LogP contribution in [0.25, 0.3) is 0 Å². The zero-order chi connectivity index (χ0) is 15.7. The second-order valence-electron chi connectivity index (χ2n) is 5.13. The SMILES string of the molecule is COCC(NC(=O)C(C)CCCc1ccccc1)C(=O)O. The van der Waals surface area contributed by atoms with E-state index in [1.807, 2.05) is 25.1 Å². The van der Waals surface area contributed by atoms with Crippen LogP contribution in [0.5, 0.6) is 0 Å². The number of nitrogens with one attached hydrogen (secondary N) is 1. The largest absolute Gasteiger partial charge is 0.480 e. The van der Waals surface area contributed by atoms with Crippen molar-refractivity contribution in [1.29, 1.82) is 0 Å². The third-order valence-corrected chi connectivity index (χ3v) is 3.34. The molecule has 0 fully saturated rings. The highest BCUT2D eigenvalue weighted by atomic mass is 16.5. The molecule has 0 aliphatic heterocycles. The Morgan fingerprint density at radius 1 is 1.29 bits per heavy atom. The van der Waals surface area contributed by atoms with E-state index in [-0.39, 0.29) is 18.4 Å². The first-order chi connectivity index (χ1) is 10.0. The fraction of sp³-hybridized carbons (Fsp3) is 0.500. The number of carbonyl (C=O) groups excluding carboxylic acids is 1. The van der Waals surface area contributed by atoms with Gasteiger partial charge in [0.15, 0.2) is 6.04 Å². The summed E-state index contributed by atoms with van der Waals surface area (Å²) in [6, 6.07) is 9.09. The van der Waals surface area contributed by atoms with Crippen molar-refractivity contribution in [1.82, 2.24) is 5.32 Å². The number of carboxylic acid groups (broad SMARTS) is 1. The van der Waals surface area contributed by atoms with Gasteiger partial charge in [0.2, 0.25) is 5.91 Å². The predicted molar refractivity (Wildman–Crippen MR) is 80.0 cm³/mol. The van der Waals surface area contributed by atoms with Gasteiger partial charge in [-0.25, -0.2) is 4.79 Å². The lowest BCUT2D eigenvalue weighted by Gasteiger charge is -2.17. The molecule has 2 unspecified atom stereocenters. The normalized spacial score (nSPS) is 13.4. The van der Waals surface area contributed by atoms with E-state index in [0.29, 0.717) is 0 Å². The minimum Gasteiger partial charge on any atom is -0.480 e. The minimum absolute atomic E-state index is 0.0300. The van der Waals surface area contributed by atoms with Crippen molar-refractivity contribution in [2.75, 3.05) is 13.7 Å². The van der Waals surface area contributed by atoms with Crippen LogP contribution in [0.2, 0.25) is 0 Å². The number of ether oxygens (including phenoxy) is 1. The van der Waals surface area contributed by atoms with Crippen LogP contribution < -0.4 is 5.32 Å². The maximum Gasteiger partial charge on any atom is 0.328 e. The van der Waals surface area contributed by atoms with Crippen LogP contribution in [-0.4, -0.2) is 36.7 Å². The molecule has 5 nitrogen and oxygen atoms in total. The molecule has 1 rings (SSSR count). The third-order valence-electron chi connectivity index (χ3n) is 3.34. The second kappa shape index (κ2) is 9.13. The van der Waals surface area contributed by atoms with Gasteiger partial charge in [-0.3, -0.25) is 4.79 Å². The van der Waals surface area contributed by atoms with E-state index in [1.54, 1.807) is 0 Å². The Balaban J connectivity index is 2.35. The molecule has 116 valence electrons. The second-order valence-corrected chi connectivity index (χ2v) is 5.13. The molecule has 0 saturated heterocycles. The highest BCUT2D eigenvalue weighted by Crippen LogP contribution is 2.11. The number of hydrogen-bond donors (Lipinski definition) is 2. The number of carbonyl (C=O) groups is 2. The number of aryl methyl sites for hydroxylation is 1. The number of hydrogen-bond acceptors (Lipinski definition) is 3. The van der Waals surface area contributed by atoms with Crippen LogP contribution in [0.3, 0.4) is 0 Å². The third kappa shape index (κ3) is 6.40. The number of benzene rings is 1. The summed E-state index contributed by atoms with van der Waals surface area (Å²) in [5.41, 5.74) is 1.24. The number of aliphatic carboxylic acids is 1. The molecule has 2 N–H and O–H groups in total. The Morgan fingerprint density at radius 2 is 1.95 bits per heavy atom. The van der Waals surface area contributed by atoms with E-state index in [0.717, 1.165) is 19.3 Å². The van der Waals surface area contributed by atoms with Crippen molar-refractivity contribution >= 4 is 11.9 Å². The van der Waals surface area contributed by atoms with Crippen LogP contribution in [0.4, 0.5) is 0 Å². The van der Waals surface area contributed by atoms with Gasteiger partial charge in [-0.2, -0.15) is 0 Å². The Hall–Kier alpha value is -1.88. The predicted octanol–water partition coefficient (Wildman–Crippen LogP) is 1.86. The molecule has 0 aliphatic carbocycles. The summed E-state index contributed by atoms with van der Waals surface area (Å²) in [6.45, 7) is 1.78. The topological polar surface area (TPSA) is 75.6 Å². The number of amides is 1. The fourth-order valence-electron chi connectivity index (χ4n) is 2.04. The molecular formula is C16H23NO4. The highest BCUT2D eigenvalue weighted by Gasteiger charge is 2.22. The number of rotatable bonds is 9. The molecule has 5 heteroatoms. The monoisotopic (exact) mass is 293 g/mol. The lowest BCUT2D eigenvalue weighted by molar-refractivity contribution is -0.143. The van der Waals surface area contributed by atoms with Crippen molar-refractivity contribution < 1.29 is 19.4 Å². The van der Waals surface area contributed by atoms with Crippen LogP contribution in [-0.2, 0) is 20.7 Å². The van der Waals surface area contributed by atoms with Crippen molar-refractivity contribution in [2.45, 2.75) is 32.2 Å². The molecule has 1 amide bonds. The van der Waals surface area contributed by atoms with Crippen molar-refractivity contribution in [3.63, 3.8) is 0 Å². The molecule has 0 spiro atoms. The van der Waals surface area contributed by atoms with E-state index in [2.05, 4.69) is 17.4 Å². The average Bonchev–Trinajstić information content (AvgIpc) is 2.47. The molecule has 0 aromatic heterocycles. The zero-order valence-corrected chi connectivity index (χ0v) is 12.5. The summed E-state index contributed by atoms with van der Waals surface area (Å²) in [6.07, 6.45) is 2.53. The minimum atomic E-state index is -1.08. The highest BCUT2D eigenvalue weighted by molar-refractivity contribution is 5.84. The summed E-state index contributed by atoms with van der Waals surface area (Å²) < 4.78 is 4.79. The lowest BCUT2D eigenvalue weighted by atomic mass is 10.00. The molecule has 0 aliphatic rings. The maximum atomic E-state index is 11.9. The van der Waals surface area contributed by atoms with E-state index < -0.39 is 12.0 Å². The van der Waals surface area contributed by atoms with Crippen molar-refractivity contribution in [3.8, 4) is 0 Å². The Morgan fingerprint density at radius 3 is 2.52 bits per heavy atom. The maximum absolute atomic E-state index is 11.9. The smallest absolute Gasteiger partial charge is 0.328 e. The molecule has 0 radical (unpaired) electrons. The first-order valence-electron chi connectivity index (χ1n) is 7.10. The lowest BCUT2D eigenvalue weighted by Crippen LogP contribution is -2.45. The van der Waals surface area contributed by atoms with Gasteiger partial charge in [0.25, 0.3) is 0 Å². The Labute approximate surface area is 125 Å². The zero-order valence-electron chi connectivity index (χ0n) is 12.5. The molecule has 1 aromatic rings. The number of methoxy groups -OCH3 is 1. The number of carboxylic acids is 1. The summed E-state index contributed by atoms with van der Waals surface area (Å²) in [4.78, 5) is 22.9. The fourth-order valence-corrected chi connectivity index (χ4v) is 2.04. The van der Waals surface area contributed by atoms with Gasteiger partial charge in [-0.05, 0) is 24.8 Å². The van der Waals surface area contributed by atoms with Crippen molar-refractivity contribution in [2.24, 2.45) is 5.92 Å². The van der Waals surface area contributed by atoms with Crippen LogP contribution >= 0.6 is 0 Å². The van der Waals surface area contributed by atoms with Gasteiger partial charge in [-0.1, -0.05) is 37.3 Å². The van der Waals surface area contributed by atoms with E-state index in [4.69, 9.17) is 9.84 Å². The van der Waals surface area contributed by atoms with Gasteiger partial charge in [-0.15, -0.1) is 0 Å². The van der Waals surface area contributed by atoms with Crippen LogP contribution in [0, 0.1) is 5.92 Å². The average molecular weight is 293 g/mol.